The van der Waals surface area contributed by atoms with Crippen molar-refractivity contribution in [3.8, 4) is 5.75 Å². The third-order valence-electron chi connectivity index (χ3n) is 3.23. The molecule has 4 nitrogen and oxygen atoms in total. The van der Waals surface area contributed by atoms with Crippen molar-refractivity contribution in [3.63, 3.8) is 0 Å². The fraction of sp³-hybridized carbons (Fsp3) is 0.0625. The van der Waals surface area contributed by atoms with Gasteiger partial charge in [-0.3, -0.25) is 4.98 Å². The van der Waals surface area contributed by atoms with Crippen LogP contribution in [0.3, 0.4) is 0 Å². The Hall–Kier alpha value is -2.82. The third kappa shape index (κ3) is 2.45. The molecule has 0 saturated carbocycles. The maximum absolute atomic E-state index is 13.8. The molecule has 0 saturated heterocycles. The minimum atomic E-state index is -0.431. The van der Waals surface area contributed by atoms with E-state index in [0.29, 0.717) is 17.1 Å². The molecule has 21 heavy (non-hydrogen) atoms. The van der Waals surface area contributed by atoms with Crippen molar-refractivity contribution in [2.24, 2.45) is 0 Å². The number of fused-ring (bicyclic) bond motifs is 1. The lowest BCUT2D eigenvalue weighted by atomic mass is 10.1. The van der Waals surface area contributed by atoms with Crippen LogP contribution in [0, 0.1) is 5.82 Å². The number of nitrogens with zero attached hydrogens (tertiary/aromatic N) is 1. The van der Waals surface area contributed by atoms with E-state index in [1.807, 2.05) is 24.3 Å². The molecule has 0 spiro atoms. The summed E-state index contributed by atoms with van der Waals surface area (Å²) >= 11 is 0. The summed E-state index contributed by atoms with van der Waals surface area (Å²) in [6.45, 7) is 0. The van der Waals surface area contributed by atoms with Crippen LogP contribution in [0.25, 0.3) is 10.9 Å². The number of halogens is 1. The molecule has 0 atom stereocenters. The second-order valence-electron chi connectivity index (χ2n) is 4.58. The van der Waals surface area contributed by atoms with Gasteiger partial charge < -0.3 is 15.8 Å². The number of pyridine rings is 1. The normalized spacial score (nSPS) is 10.6. The number of methoxy groups -OCH3 is 1. The van der Waals surface area contributed by atoms with Crippen molar-refractivity contribution in [1.82, 2.24) is 4.98 Å². The van der Waals surface area contributed by atoms with Crippen molar-refractivity contribution < 1.29 is 9.13 Å². The van der Waals surface area contributed by atoms with Gasteiger partial charge in [-0.1, -0.05) is 18.2 Å². The molecule has 2 aromatic carbocycles. The summed E-state index contributed by atoms with van der Waals surface area (Å²) in [7, 11) is 1.43. The van der Waals surface area contributed by atoms with Crippen LogP contribution in [0.15, 0.2) is 48.7 Å². The number of para-hydroxylation sites is 1. The Morgan fingerprint density at radius 1 is 1.19 bits per heavy atom. The van der Waals surface area contributed by atoms with Crippen LogP contribution in [0.2, 0.25) is 0 Å². The van der Waals surface area contributed by atoms with E-state index in [4.69, 9.17) is 10.5 Å². The molecule has 106 valence electrons. The number of hydrogen-bond acceptors (Lipinski definition) is 4. The Morgan fingerprint density at radius 2 is 2.00 bits per heavy atom. The predicted octanol–water partition coefficient (Wildman–Crippen LogP) is 3.71. The summed E-state index contributed by atoms with van der Waals surface area (Å²) in [5.41, 5.74) is 8.62. The number of hydrogen-bond donors (Lipinski definition) is 2. The highest BCUT2D eigenvalue weighted by molar-refractivity contribution is 5.98. The van der Waals surface area contributed by atoms with Gasteiger partial charge in [0.05, 0.1) is 30.2 Å². The van der Waals surface area contributed by atoms with Gasteiger partial charge in [0, 0.05) is 17.1 Å². The van der Waals surface area contributed by atoms with E-state index in [1.54, 1.807) is 18.3 Å². The smallest absolute Gasteiger partial charge is 0.167 e. The van der Waals surface area contributed by atoms with Gasteiger partial charge in [-0.15, -0.1) is 0 Å². The Labute approximate surface area is 121 Å². The molecule has 0 aliphatic rings. The van der Waals surface area contributed by atoms with E-state index in [2.05, 4.69) is 10.3 Å². The zero-order chi connectivity index (χ0) is 14.8. The molecule has 0 bridgehead atoms. The van der Waals surface area contributed by atoms with Gasteiger partial charge in [0.15, 0.2) is 11.6 Å². The van der Waals surface area contributed by atoms with Crippen molar-refractivity contribution in [1.29, 1.82) is 0 Å². The third-order valence-corrected chi connectivity index (χ3v) is 3.23. The van der Waals surface area contributed by atoms with E-state index in [9.17, 15) is 4.39 Å². The quantitative estimate of drug-likeness (QED) is 0.769. The zero-order valence-electron chi connectivity index (χ0n) is 11.4. The van der Waals surface area contributed by atoms with Crippen LogP contribution < -0.4 is 15.8 Å². The Bertz CT molecular complexity index is 805. The first-order chi connectivity index (χ1) is 10.2. The summed E-state index contributed by atoms with van der Waals surface area (Å²) < 4.78 is 18.7. The summed E-state index contributed by atoms with van der Waals surface area (Å²) in [6, 6.07) is 12.3. The molecule has 1 heterocycles. The standard InChI is InChI=1S/C16H14FN3O/c1-21-15-7-6-10(8-12(15)17)20-16-11-4-2-3-5-14(11)19-9-13(16)18/h2-9H,18H2,1H3,(H,19,20). The van der Waals surface area contributed by atoms with E-state index in [0.717, 1.165) is 10.9 Å². The Morgan fingerprint density at radius 3 is 2.76 bits per heavy atom. The van der Waals surface area contributed by atoms with Crippen LogP contribution in [0.1, 0.15) is 0 Å². The van der Waals surface area contributed by atoms with Crippen LogP contribution in [-0.2, 0) is 0 Å². The average Bonchev–Trinajstić information content (AvgIpc) is 2.50. The SMILES string of the molecule is COc1ccc(Nc2c(N)cnc3ccccc23)cc1F. The molecule has 3 N–H and O–H groups in total. The molecule has 0 aliphatic heterocycles. The molecule has 0 radical (unpaired) electrons. The largest absolute Gasteiger partial charge is 0.494 e. The molecule has 1 aromatic heterocycles. The number of anilines is 3. The summed E-state index contributed by atoms with van der Waals surface area (Å²) in [6.07, 6.45) is 1.59. The van der Waals surface area contributed by atoms with Gasteiger partial charge >= 0.3 is 0 Å². The van der Waals surface area contributed by atoms with Crippen LogP contribution in [-0.4, -0.2) is 12.1 Å². The topological polar surface area (TPSA) is 60.2 Å². The average molecular weight is 283 g/mol. The summed E-state index contributed by atoms with van der Waals surface area (Å²) in [4.78, 5) is 4.27. The fourth-order valence-corrected chi connectivity index (χ4v) is 2.18. The minimum absolute atomic E-state index is 0.202. The highest BCUT2D eigenvalue weighted by atomic mass is 19.1. The summed E-state index contributed by atoms with van der Waals surface area (Å²) in [5.74, 6) is -0.229. The zero-order valence-corrected chi connectivity index (χ0v) is 11.4. The molecule has 3 aromatic rings. The van der Waals surface area contributed by atoms with E-state index in [1.165, 1.54) is 13.2 Å². The van der Waals surface area contributed by atoms with Crippen LogP contribution in [0.4, 0.5) is 21.5 Å². The number of nitrogens with one attached hydrogen (secondary N) is 1. The first kappa shape index (κ1) is 13.2. The number of aromatic nitrogens is 1. The predicted molar refractivity (Wildman–Crippen MR) is 82.4 cm³/mol. The number of nitrogens with two attached hydrogens (primary N) is 1. The van der Waals surface area contributed by atoms with Gasteiger partial charge in [-0.25, -0.2) is 4.39 Å². The molecule has 0 fully saturated rings. The van der Waals surface area contributed by atoms with Gasteiger partial charge in [-0.2, -0.15) is 0 Å². The lowest BCUT2D eigenvalue weighted by Crippen LogP contribution is -1.99. The van der Waals surface area contributed by atoms with Crippen molar-refractivity contribution in [3.05, 3.63) is 54.5 Å². The monoisotopic (exact) mass is 283 g/mol. The first-order valence-electron chi connectivity index (χ1n) is 6.43. The number of nitrogen functional groups attached to an aromatic ring is 1. The van der Waals surface area contributed by atoms with E-state index >= 15 is 0 Å². The van der Waals surface area contributed by atoms with Crippen LogP contribution in [0.5, 0.6) is 5.75 Å². The second-order valence-corrected chi connectivity index (χ2v) is 4.58. The number of ether oxygens (including phenoxy) is 1. The lowest BCUT2D eigenvalue weighted by Gasteiger charge is -2.13. The van der Waals surface area contributed by atoms with E-state index < -0.39 is 5.82 Å². The number of rotatable bonds is 3. The van der Waals surface area contributed by atoms with Gasteiger partial charge in [0.2, 0.25) is 0 Å². The van der Waals surface area contributed by atoms with Crippen LogP contribution >= 0.6 is 0 Å². The molecule has 0 amide bonds. The molecule has 0 unspecified atom stereocenters. The molecule has 5 heteroatoms. The highest BCUT2D eigenvalue weighted by Gasteiger charge is 2.08. The Balaban J connectivity index is 2.05. The van der Waals surface area contributed by atoms with Crippen molar-refractivity contribution in [2.75, 3.05) is 18.2 Å². The lowest BCUT2D eigenvalue weighted by molar-refractivity contribution is 0.386. The molecular weight excluding hydrogens is 269 g/mol. The first-order valence-corrected chi connectivity index (χ1v) is 6.43. The molecule has 3 rings (SSSR count). The molecular formula is C16H14FN3O. The fourth-order valence-electron chi connectivity index (χ4n) is 2.18. The van der Waals surface area contributed by atoms with E-state index in [-0.39, 0.29) is 5.75 Å². The summed E-state index contributed by atoms with van der Waals surface area (Å²) in [5, 5.41) is 4.03. The maximum Gasteiger partial charge on any atom is 0.167 e. The number of benzene rings is 2. The Kier molecular flexibility index (Phi) is 3.31. The highest BCUT2D eigenvalue weighted by Crippen LogP contribution is 2.31. The van der Waals surface area contributed by atoms with Crippen molar-refractivity contribution >= 4 is 28.0 Å². The molecule has 0 aliphatic carbocycles. The second kappa shape index (κ2) is 5.28. The minimum Gasteiger partial charge on any atom is -0.494 e. The van der Waals surface area contributed by atoms with Gasteiger partial charge in [-0.05, 0) is 18.2 Å². The van der Waals surface area contributed by atoms with Gasteiger partial charge in [0.25, 0.3) is 0 Å². The maximum atomic E-state index is 13.8. The van der Waals surface area contributed by atoms with Crippen molar-refractivity contribution in [2.45, 2.75) is 0 Å². The van der Waals surface area contributed by atoms with Gasteiger partial charge in [0.1, 0.15) is 0 Å².